The number of aromatic nitrogens is 2. The van der Waals surface area contributed by atoms with Crippen LogP contribution < -0.4 is 4.74 Å². The number of nitrogens with one attached hydrogen (secondary N) is 1. The quantitative estimate of drug-likeness (QED) is 0.235. The van der Waals surface area contributed by atoms with Crippen molar-refractivity contribution in [3.8, 4) is 5.75 Å². The molecule has 5 nitrogen and oxygen atoms in total. The van der Waals surface area contributed by atoms with E-state index < -0.39 is 35.6 Å². The van der Waals surface area contributed by atoms with Gasteiger partial charge in [-0.25, -0.2) is 4.98 Å². The van der Waals surface area contributed by atoms with Crippen molar-refractivity contribution in [3.63, 3.8) is 0 Å². The van der Waals surface area contributed by atoms with Gasteiger partial charge in [-0.1, -0.05) is 57.2 Å². The summed E-state index contributed by atoms with van der Waals surface area (Å²) < 4.78 is 82.8. The van der Waals surface area contributed by atoms with Crippen LogP contribution in [0.5, 0.6) is 5.75 Å². The lowest BCUT2D eigenvalue weighted by molar-refractivity contribution is -0.274. The molecule has 0 saturated carbocycles. The van der Waals surface area contributed by atoms with E-state index in [2.05, 4.69) is 35.5 Å². The van der Waals surface area contributed by atoms with Gasteiger partial charge >= 0.3 is 12.5 Å². The molecule has 2 heterocycles. The third-order valence-electron chi connectivity index (χ3n) is 6.32. The number of benzene rings is 2. The summed E-state index contributed by atoms with van der Waals surface area (Å²) in [5.74, 6) is -1.16. The Kier molecular flexibility index (Phi) is 7.87. The number of H-pyrrole nitrogens is 1. The highest BCUT2D eigenvalue weighted by molar-refractivity contribution is 6.04. The van der Waals surface area contributed by atoms with E-state index in [0.717, 1.165) is 23.3 Å². The first-order chi connectivity index (χ1) is 18.6. The molecule has 0 saturated heterocycles. The fourth-order valence-corrected chi connectivity index (χ4v) is 4.26. The predicted molar refractivity (Wildman–Crippen MR) is 138 cm³/mol. The third-order valence-corrected chi connectivity index (χ3v) is 6.32. The number of pyridine rings is 1. The number of aromatic amines is 1. The number of ether oxygens (including phenoxy) is 1. The van der Waals surface area contributed by atoms with Gasteiger partial charge in [-0.2, -0.15) is 13.2 Å². The number of halogens is 6. The largest absolute Gasteiger partial charge is 0.573 e. The number of amides is 1. The van der Waals surface area contributed by atoms with Crippen molar-refractivity contribution < 1.29 is 35.9 Å². The number of hydrogen-bond acceptors (Lipinski definition) is 3. The molecule has 0 atom stereocenters. The monoisotopic (exact) mass is 563 g/mol. The molecule has 2 aromatic carbocycles. The van der Waals surface area contributed by atoms with Crippen molar-refractivity contribution in [2.24, 2.45) is 0 Å². The van der Waals surface area contributed by atoms with Crippen LogP contribution in [-0.4, -0.2) is 33.7 Å². The lowest BCUT2D eigenvalue weighted by Gasteiger charge is -2.24. The maximum atomic E-state index is 13.7. The molecule has 0 unspecified atom stereocenters. The van der Waals surface area contributed by atoms with E-state index in [4.69, 9.17) is 0 Å². The number of nitrogens with zero attached hydrogens (tertiary/aromatic N) is 2. The van der Waals surface area contributed by atoms with Gasteiger partial charge in [0.05, 0.1) is 5.52 Å². The summed E-state index contributed by atoms with van der Waals surface area (Å²) in [6.07, 6.45) is -8.10. The number of fused-ring (bicyclic) bond motifs is 1. The van der Waals surface area contributed by atoms with Crippen LogP contribution in [-0.2, 0) is 24.6 Å². The lowest BCUT2D eigenvalue weighted by Crippen LogP contribution is -2.33. The minimum Gasteiger partial charge on any atom is -0.406 e. The van der Waals surface area contributed by atoms with Crippen LogP contribution in [0.3, 0.4) is 0 Å². The van der Waals surface area contributed by atoms with E-state index in [9.17, 15) is 31.1 Å². The Morgan fingerprint density at radius 1 is 0.925 bits per heavy atom. The Hall–Kier alpha value is -4.02. The van der Waals surface area contributed by atoms with Gasteiger partial charge in [-0.05, 0) is 52.8 Å². The highest BCUT2D eigenvalue weighted by Crippen LogP contribution is 2.31. The molecule has 2 aromatic heterocycles. The van der Waals surface area contributed by atoms with E-state index in [1.807, 2.05) is 24.3 Å². The van der Waals surface area contributed by atoms with Gasteiger partial charge in [-0.3, -0.25) is 4.79 Å². The summed E-state index contributed by atoms with van der Waals surface area (Å²) in [6, 6.07) is 15.1. The standard InChI is InChI=1S/C29H27F6N3O2/c1-27(2,3)21-9-7-19(8-10-21)17-38(14-12-18-5-4-6-22(15-18)40-29(33,34)35)26(39)25-24-20(11-13-36-24)16-23(37-25)28(30,31)32/h4-11,13,15-16,36H,12,14,17H2,1-3H3. The minimum absolute atomic E-state index is 0.00451. The van der Waals surface area contributed by atoms with Crippen molar-refractivity contribution in [2.45, 2.75) is 51.7 Å². The van der Waals surface area contributed by atoms with Gasteiger partial charge in [0.2, 0.25) is 0 Å². The molecular weight excluding hydrogens is 536 g/mol. The zero-order valence-electron chi connectivity index (χ0n) is 22.0. The van der Waals surface area contributed by atoms with Gasteiger partial charge in [0.15, 0.2) is 5.69 Å². The number of carbonyl (C=O) groups is 1. The van der Waals surface area contributed by atoms with Gasteiger partial charge in [-0.15, -0.1) is 13.2 Å². The number of hydrogen-bond donors (Lipinski definition) is 1. The van der Waals surface area contributed by atoms with E-state index >= 15 is 0 Å². The van der Waals surface area contributed by atoms with Crippen LogP contribution in [0.4, 0.5) is 26.3 Å². The number of rotatable bonds is 7. The van der Waals surface area contributed by atoms with Crippen molar-refractivity contribution >= 4 is 16.8 Å². The summed E-state index contributed by atoms with van der Waals surface area (Å²) in [6.45, 7) is 6.19. The first-order valence-corrected chi connectivity index (χ1v) is 12.4. The van der Waals surface area contributed by atoms with Crippen LogP contribution >= 0.6 is 0 Å². The highest BCUT2D eigenvalue weighted by Gasteiger charge is 2.35. The number of alkyl halides is 6. The first-order valence-electron chi connectivity index (χ1n) is 12.4. The van der Waals surface area contributed by atoms with Gasteiger partial charge < -0.3 is 14.6 Å². The zero-order valence-corrected chi connectivity index (χ0v) is 22.0. The molecule has 4 aromatic rings. The lowest BCUT2D eigenvalue weighted by atomic mass is 9.87. The van der Waals surface area contributed by atoms with Crippen molar-refractivity contribution in [3.05, 3.63) is 94.9 Å². The molecule has 0 spiro atoms. The Morgan fingerprint density at radius 3 is 2.25 bits per heavy atom. The minimum atomic E-state index is -4.86. The average Bonchev–Trinajstić information content (AvgIpc) is 3.33. The Bertz CT molecular complexity index is 1480. The molecule has 1 N–H and O–H groups in total. The normalized spacial score (nSPS) is 12.5. The topological polar surface area (TPSA) is 58.2 Å². The summed E-state index contributed by atoms with van der Waals surface area (Å²) >= 11 is 0. The van der Waals surface area contributed by atoms with Gasteiger partial charge in [0, 0.05) is 24.7 Å². The molecule has 0 bridgehead atoms. The van der Waals surface area contributed by atoms with Crippen LogP contribution in [0.25, 0.3) is 10.9 Å². The first kappa shape index (κ1) is 29.0. The fourth-order valence-electron chi connectivity index (χ4n) is 4.26. The molecule has 0 radical (unpaired) electrons. The van der Waals surface area contributed by atoms with E-state index in [1.165, 1.54) is 29.3 Å². The second-order valence-electron chi connectivity index (χ2n) is 10.4. The Balaban J connectivity index is 1.67. The van der Waals surface area contributed by atoms with Crippen molar-refractivity contribution in [2.75, 3.05) is 6.54 Å². The summed E-state index contributed by atoms with van der Waals surface area (Å²) in [5, 5.41) is 0.178. The van der Waals surface area contributed by atoms with E-state index in [0.29, 0.717) is 5.56 Å². The average molecular weight is 564 g/mol. The molecule has 212 valence electrons. The summed E-state index contributed by atoms with van der Waals surface area (Å²) in [4.78, 5) is 21.5. The molecule has 4 rings (SSSR count). The Morgan fingerprint density at radius 2 is 1.62 bits per heavy atom. The van der Waals surface area contributed by atoms with Crippen LogP contribution in [0.15, 0.2) is 66.9 Å². The second kappa shape index (κ2) is 10.9. The van der Waals surface area contributed by atoms with Gasteiger partial charge in [0.1, 0.15) is 11.4 Å². The maximum absolute atomic E-state index is 13.7. The molecule has 40 heavy (non-hydrogen) atoms. The third kappa shape index (κ3) is 7.13. The van der Waals surface area contributed by atoms with Crippen LogP contribution in [0.2, 0.25) is 0 Å². The fraction of sp³-hybridized carbons (Fsp3) is 0.310. The molecule has 0 fully saturated rings. The van der Waals surface area contributed by atoms with Crippen molar-refractivity contribution in [1.29, 1.82) is 0 Å². The summed E-state index contributed by atoms with van der Waals surface area (Å²) in [5.41, 5.74) is 0.688. The molecular formula is C29H27F6N3O2. The number of carbonyl (C=O) groups excluding carboxylic acids is 1. The smallest absolute Gasteiger partial charge is 0.406 e. The zero-order chi connectivity index (χ0) is 29.3. The maximum Gasteiger partial charge on any atom is 0.573 e. The molecule has 1 amide bonds. The van der Waals surface area contributed by atoms with Crippen molar-refractivity contribution in [1.82, 2.24) is 14.9 Å². The van der Waals surface area contributed by atoms with Crippen LogP contribution in [0.1, 0.15) is 53.6 Å². The second-order valence-corrected chi connectivity index (χ2v) is 10.4. The molecule has 11 heteroatoms. The highest BCUT2D eigenvalue weighted by atomic mass is 19.4. The molecule has 0 aliphatic carbocycles. The van der Waals surface area contributed by atoms with Gasteiger partial charge in [0.25, 0.3) is 5.91 Å². The summed E-state index contributed by atoms with van der Waals surface area (Å²) in [7, 11) is 0. The SMILES string of the molecule is CC(C)(C)c1ccc(CN(CCc2cccc(OC(F)(F)F)c2)C(=O)c2nc(C(F)(F)F)cc3cc[nH]c23)cc1. The van der Waals surface area contributed by atoms with E-state index in [-0.39, 0.29) is 35.8 Å². The predicted octanol–water partition coefficient (Wildman–Crippen LogP) is 7.66. The molecule has 0 aliphatic heterocycles. The van der Waals surface area contributed by atoms with Crippen LogP contribution in [0, 0.1) is 0 Å². The van der Waals surface area contributed by atoms with E-state index in [1.54, 1.807) is 6.07 Å². The Labute approximate surface area is 226 Å². The molecule has 0 aliphatic rings.